The van der Waals surface area contributed by atoms with Crippen LogP contribution in [0.5, 0.6) is 0 Å². The van der Waals surface area contributed by atoms with Gasteiger partial charge < -0.3 is 15.5 Å². The van der Waals surface area contributed by atoms with Gasteiger partial charge in [0.2, 0.25) is 0 Å². The second kappa shape index (κ2) is 11.5. The molecule has 0 radical (unpaired) electrons. The Kier molecular flexibility index (Phi) is 9.65. The molecule has 2 atom stereocenters. The zero-order valence-corrected chi connectivity index (χ0v) is 20.1. The van der Waals surface area contributed by atoms with E-state index in [0.29, 0.717) is 18.1 Å². The van der Waals surface area contributed by atoms with Crippen LogP contribution in [0.4, 0.5) is 5.00 Å². The van der Waals surface area contributed by atoms with Crippen molar-refractivity contribution in [3.8, 4) is 0 Å². The molecule has 0 aromatic carbocycles. The first kappa shape index (κ1) is 22.7. The van der Waals surface area contributed by atoms with E-state index in [1.807, 2.05) is 18.4 Å². The Hall–Kier alpha value is -0.540. The van der Waals surface area contributed by atoms with Crippen LogP contribution in [0.3, 0.4) is 0 Å². The average molecular weight is 506 g/mol. The summed E-state index contributed by atoms with van der Waals surface area (Å²) in [5, 5.41) is 10.8. The van der Waals surface area contributed by atoms with Gasteiger partial charge in [0.05, 0.1) is 5.00 Å². The molecule has 2 saturated heterocycles. The molecule has 0 saturated carbocycles. The van der Waals surface area contributed by atoms with Crippen molar-refractivity contribution in [2.75, 3.05) is 38.1 Å². The highest BCUT2D eigenvalue weighted by atomic mass is 127. The molecule has 2 fully saturated rings. The Bertz CT molecular complexity index is 557. The third-order valence-corrected chi connectivity index (χ3v) is 6.79. The fraction of sp³-hybridized carbons (Fsp3) is 0.750. The van der Waals surface area contributed by atoms with E-state index >= 15 is 0 Å². The van der Waals surface area contributed by atoms with Gasteiger partial charge >= 0.3 is 0 Å². The number of thiophene rings is 1. The standard InChI is InChI=1S/C20H35N5S.HI/c1-16-7-4-5-11-25(16)17(2)15-22-20(21-3)23-18-9-12-24(13-10-18)19-8-6-14-26-19;/h6,8,14,16-18H,4-5,7,9-13,15H2,1-3H3,(H2,21,22,23);1H. The third kappa shape index (κ3) is 6.49. The van der Waals surface area contributed by atoms with Crippen molar-refractivity contribution in [1.29, 1.82) is 0 Å². The Labute approximate surface area is 186 Å². The van der Waals surface area contributed by atoms with Crippen LogP contribution >= 0.6 is 35.3 Å². The number of rotatable bonds is 5. The number of aliphatic imine (C=N–C) groups is 1. The van der Waals surface area contributed by atoms with E-state index in [2.05, 4.69) is 56.8 Å². The van der Waals surface area contributed by atoms with Crippen LogP contribution in [-0.2, 0) is 0 Å². The molecule has 27 heavy (non-hydrogen) atoms. The van der Waals surface area contributed by atoms with Crippen molar-refractivity contribution in [1.82, 2.24) is 15.5 Å². The fourth-order valence-electron chi connectivity index (χ4n) is 4.22. The highest BCUT2D eigenvalue weighted by Gasteiger charge is 2.24. The quantitative estimate of drug-likeness (QED) is 0.364. The number of guanidine groups is 1. The van der Waals surface area contributed by atoms with Crippen molar-refractivity contribution >= 4 is 46.3 Å². The number of nitrogens with zero attached hydrogens (tertiary/aromatic N) is 3. The van der Waals surface area contributed by atoms with E-state index in [4.69, 9.17) is 0 Å². The zero-order chi connectivity index (χ0) is 18.4. The number of hydrogen-bond donors (Lipinski definition) is 2. The van der Waals surface area contributed by atoms with Gasteiger partial charge in [0.1, 0.15) is 0 Å². The predicted octanol–water partition coefficient (Wildman–Crippen LogP) is 3.76. The maximum absolute atomic E-state index is 4.45. The monoisotopic (exact) mass is 505 g/mol. The van der Waals surface area contributed by atoms with Crippen molar-refractivity contribution in [2.45, 2.75) is 64.1 Å². The number of likely N-dealkylation sites (tertiary alicyclic amines) is 1. The maximum atomic E-state index is 4.45. The van der Waals surface area contributed by atoms with Crippen LogP contribution in [-0.4, -0.2) is 62.2 Å². The first-order chi connectivity index (χ1) is 12.7. The number of anilines is 1. The lowest BCUT2D eigenvalue weighted by Crippen LogP contribution is -2.52. The Morgan fingerprint density at radius 2 is 2.04 bits per heavy atom. The van der Waals surface area contributed by atoms with Gasteiger partial charge in [-0.1, -0.05) is 6.42 Å². The van der Waals surface area contributed by atoms with Crippen molar-refractivity contribution in [2.24, 2.45) is 4.99 Å². The summed E-state index contributed by atoms with van der Waals surface area (Å²) in [6.07, 6.45) is 6.38. The van der Waals surface area contributed by atoms with Gasteiger partial charge in [-0.25, -0.2) is 0 Å². The first-order valence-electron chi connectivity index (χ1n) is 10.2. The molecule has 2 N–H and O–H groups in total. The number of nitrogens with one attached hydrogen (secondary N) is 2. The maximum Gasteiger partial charge on any atom is 0.191 e. The molecular formula is C20H36IN5S. The number of hydrogen-bond acceptors (Lipinski definition) is 4. The lowest BCUT2D eigenvalue weighted by molar-refractivity contribution is 0.115. The van der Waals surface area contributed by atoms with Gasteiger partial charge in [-0.2, -0.15) is 0 Å². The molecule has 2 aliphatic heterocycles. The van der Waals surface area contributed by atoms with E-state index in [-0.39, 0.29) is 24.0 Å². The highest BCUT2D eigenvalue weighted by Crippen LogP contribution is 2.24. The Morgan fingerprint density at radius 1 is 1.26 bits per heavy atom. The van der Waals surface area contributed by atoms with Crippen molar-refractivity contribution in [3.05, 3.63) is 17.5 Å². The molecule has 154 valence electrons. The van der Waals surface area contributed by atoms with E-state index in [1.54, 1.807) is 0 Å². The molecule has 0 bridgehead atoms. The Balaban J connectivity index is 0.00000261. The molecule has 2 aliphatic rings. The van der Waals surface area contributed by atoms with Gasteiger partial charge in [-0.05, 0) is 63.6 Å². The largest absolute Gasteiger partial charge is 0.363 e. The molecular weight excluding hydrogens is 469 g/mol. The molecule has 0 spiro atoms. The van der Waals surface area contributed by atoms with Gasteiger partial charge in [-0.15, -0.1) is 35.3 Å². The number of piperidine rings is 2. The molecule has 1 aromatic rings. The summed E-state index contributed by atoms with van der Waals surface area (Å²) >= 11 is 1.84. The molecule has 3 rings (SSSR count). The van der Waals surface area contributed by atoms with E-state index in [9.17, 15) is 0 Å². The molecule has 3 heterocycles. The van der Waals surface area contributed by atoms with Gasteiger partial charge in [-0.3, -0.25) is 9.89 Å². The molecule has 2 unspecified atom stereocenters. The summed E-state index contributed by atoms with van der Waals surface area (Å²) in [5.74, 6) is 0.955. The minimum atomic E-state index is 0. The summed E-state index contributed by atoms with van der Waals surface area (Å²) in [4.78, 5) is 9.59. The van der Waals surface area contributed by atoms with Crippen molar-refractivity contribution < 1.29 is 0 Å². The minimum absolute atomic E-state index is 0. The van der Waals surface area contributed by atoms with Gasteiger partial charge in [0.15, 0.2) is 5.96 Å². The van der Waals surface area contributed by atoms with Crippen molar-refractivity contribution in [3.63, 3.8) is 0 Å². The van der Waals surface area contributed by atoms with Crippen LogP contribution in [0.15, 0.2) is 22.5 Å². The minimum Gasteiger partial charge on any atom is -0.363 e. The smallest absolute Gasteiger partial charge is 0.191 e. The lowest BCUT2D eigenvalue weighted by Gasteiger charge is -2.38. The summed E-state index contributed by atoms with van der Waals surface area (Å²) in [5.41, 5.74) is 0. The third-order valence-electron chi connectivity index (χ3n) is 5.86. The molecule has 7 heteroatoms. The second-order valence-electron chi connectivity index (χ2n) is 7.74. The van der Waals surface area contributed by atoms with Crippen LogP contribution in [0.2, 0.25) is 0 Å². The topological polar surface area (TPSA) is 42.9 Å². The molecule has 0 aliphatic carbocycles. The fourth-order valence-corrected chi connectivity index (χ4v) is 5.00. The summed E-state index contributed by atoms with van der Waals surface area (Å²) in [7, 11) is 1.88. The Morgan fingerprint density at radius 3 is 2.67 bits per heavy atom. The lowest BCUT2D eigenvalue weighted by atomic mass is 10.0. The van der Waals surface area contributed by atoms with Crippen LogP contribution in [0.1, 0.15) is 46.0 Å². The van der Waals surface area contributed by atoms with E-state index in [1.165, 1.54) is 30.8 Å². The van der Waals surface area contributed by atoms with E-state index in [0.717, 1.165) is 38.4 Å². The highest BCUT2D eigenvalue weighted by molar-refractivity contribution is 14.0. The summed E-state index contributed by atoms with van der Waals surface area (Å²) in [6.45, 7) is 9.13. The van der Waals surface area contributed by atoms with Gasteiger partial charge in [0, 0.05) is 44.8 Å². The van der Waals surface area contributed by atoms with Crippen LogP contribution in [0.25, 0.3) is 0 Å². The first-order valence-corrected chi connectivity index (χ1v) is 11.1. The predicted molar refractivity (Wildman–Crippen MR) is 129 cm³/mol. The van der Waals surface area contributed by atoms with Crippen LogP contribution < -0.4 is 15.5 Å². The zero-order valence-electron chi connectivity index (χ0n) is 17.0. The molecule has 0 amide bonds. The molecule has 5 nitrogen and oxygen atoms in total. The number of halogens is 1. The van der Waals surface area contributed by atoms with E-state index < -0.39 is 0 Å². The normalized spacial score (nSPS) is 23.6. The second-order valence-corrected chi connectivity index (χ2v) is 8.67. The SMILES string of the molecule is CN=C(NCC(C)N1CCCCC1C)NC1CCN(c2cccs2)CC1.I. The van der Waals surface area contributed by atoms with Gasteiger partial charge in [0.25, 0.3) is 0 Å². The molecule has 1 aromatic heterocycles. The average Bonchev–Trinajstić information content (AvgIpc) is 3.20. The summed E-state index contributed by atoms with van der Waals surface area (Å²) in [6, 6.07) is 6.13. The summed E-state index contributed by atoms with van der Waals surface area (Å²) < 4.78 is 0. The van der Waals surface area contributed by atoms with Crippen LogP contribution in [0, 0.1) is 0 Å².